The van der Waals surface area contributed by atoms with Gasteiger partial charge in [-0.05, 0) is 0 Å². The van der Waals surface area contributed by atoms with E-state index in [1.807, 2.05) is 0 Å². The molecule has 0 saturated heterocycles. The molecular weight excluding hydrogens is 239 g/mol. The average molecular weight is 248 g/mol. The molecule has 0 fully saturated rings. The average Bonchev–Trinajstić information content (AvgIpc) is 1.95. The summed E-state index contributed by atoms with van der Waals surface area (Å²) in [6.45, 7) is 0.358. The lowest BCUT2D eigenvalue weighted by Crippen LogP contribution is -2.26. The molecule has 0 aromatic carbocycles. The van der Waals surface area contributed by atoms with Crippen LogP contribution in [0.4, 0.5) is 13.2 Å². The largest absolute Gasteiger partial charge is 0.389 e. The molecule has 0 spiro atoms. The maximum Gasteiger partial charge on any atom is 0.389 e. The molecule has 1 amide bonds. The first-order chi connectivity index (χ1) is 5.45. The number of rotatable bonds is 4. The fourth-order valence-electron chi connectivity index (χ4n) is 0.530. The highest BCUT2D eigenvalue weighted by atomic mass is 79.9. The van der Waals surface area contributed by atoms with Gasteiger partial charge in [0.05, 0.1) is 6.42 Å². The van der Waals surface area contributed by atoms with Gasteiger partial charge in [0.15, 0.2) is 0 Å². The van der Waals surface area contributed by atoms with Crippen LogP contribution in [0.2, 0.25) is 0 Å². The van der Waals surface area contributed by atoms with E-state index in [0.29, 0.717) is 11.9 Å². The molecule has 1 N–H and O–H groups in total. The summed E-state index contributed by atoms with van der Waals surface area (Å²) in [4.78, 5) is 10.6. The van der Waals surface area contributed by atoms with E-state index in [1.54, 1.807) is 0 Å². The summed E-state index contributed by atoms with van der Waals surface area (Å²) in [7, 11) is 0. The number of nitrogens with one attached hydrogen (secondary N) is 1. The number of hydrogen-bond donors (Lipinski definition) is 1. The molecule has 0 aliphatic carbocycles. The van der Waals surface area contributed by atoms with Crippen molar-refractivity contribution >= 4 is 21.8 Å². The van der Waals surface area contributed by atoms with Crippen molar-refractivity contribution < 1.29 is 18.0 Å². The highest BCUT2D eigenvalue weighted by Gasteiger charge is 2.27. The Hall–Kier alpha value is -0.260. The molecule has 6 heteroatoms. The van der Waals surface area contributed by atoms with Crippen LogP contribution in [0.1, 0.15) is 12.8 Å². The number of amides is 1. The lowest BCUT2D eigenvalue weighted by molar-refractivity contribution is -0.144. The van der Waals surface area contributed by atoms with Crippen molar-refractivity contribution in [1.82, 2.24) is 5.32 Å². The van der Waals surface area contributed by atoms with Crippen LogP contribution < -0.4 is 5.32 Å². The zero-order valence-electron chi connectivity index (χ0n) is 6.25. The van der Waals surface area contributed by atoms with Gasteiger partial charge in [0.2, 0.25) is 5.91 Å². The van der Waals surface area contributed by atoms with Crippen LogP contribution in [0.5, 0.6) is 0 Å². The van der Waals surface area contributed by atoms with Crippen molar-refractivity contribution in [2.24, 2.45) is 0 Å². The molecule has 0 rings (SSSR count). The van der Waals surface area contributed by atoms with Crippen LogP contribution in [0.15, 0.2) is 0 Å². The normalized spacial score (nSPS) is 11.3. The Morgan fingerprint density at radius 1 is 1.42 bits per heavy atom. The standard InChI is InChI=1S/C6H9BrF3NO/c7-3-4-11-5(12)1-2-6(8,9)10/h1-4H2,(H,11,12). The van der Waals surface area contributed by atoms with Crippen molar-refractivity contribution in [3.05, 3.63) is 0 Å². The summed E-state index contributed by atoms with van der Waals surface area (Å²) in [5.74, 6) is -0.563. The molecule has 0 aromatic heterocycles. The maximum absolute atomic E-state index is 11.5. The Morgan fingerprint density at radius 3 is 2.42 bits per heavy atom. The number of carbonyl (C=O) groups is 1. The summed E-state index contributed by atoms with van der Waals surface area (Å²) in [5, 5.41) is 2.87. The Kier molecular flexibility index (Phi) is 5.28. The van der Waals surface area contributed by atoms with Gasteiger partial charge >= 0.3 is 6.18 Å². The van der Waals surface area contributed by atoms with Crippen LogP contribution in [0.3, 0.4) is 0 Å². The molecule has 0 unspecified atom stereocenters. The quantitative estimate of drug-likeness (QED) is 0.755. The predicted molar refractivity (Wildman–Crippen MR) is 42.1 cm³/mol. The lowest BCUT2D eigenvalue weighted by Gasteiger charge is -2.05. The summed E-state index contributed by atoms with van der Waals surface area (Å²) in [6.07, 6.45) is -5.79. The lowest BCUT2D eigenvalue weighted by atomic mass is 10.3. The molecule has 12 heavy (non-hydrogen) atoms. The van der Waals surface area contributed by atoms with Gasteiger partial charge in [-0.15, -0.1) is 0 Å². The van der Waals surface area contributed by atoms with E-state index in [1.165, 1.54) is 0 Å². The summed E-state index contributed by atoms with van der Waals surface area (Å²) < 4.78 is 34.6. The third-order valence-electron chi connectivity index (χ3n) is 1.05. The van der Waals surface area contributed by atoms with E-state index in [2.05, 4.69) is 21.2 Å². The molecule has 0 aromatic rings. The molecule has 0 heterocycles. The van der Waals surface area contributed by atoms with Crippen LogP contribution >= 0.6 is 15.9 Å². The van der Waals surface area contributed by atoms with Crippen molar-refractivity contribution in [3.63, 3.8) is 0 Å². The van der Waals surface area contributed by atoms with E-state index >= 15 is 0 Å². The fraction of sp³-hybridized carbons (Fsp3) is 0.833. The first-order valence-electron chi connectivity index (χ1n) is 3.35. The number of halogens is 4. The van der Waals surface area contributed by atoms with E-state index < -0.39 is 24.9 Å². The predicted octanol–water partition coefficient (Wildman–Crippen LogP) is 1.84. The first-order valence-corrected chi connectivity index (χ1v) is 4.47. The number of hydrogen-bond acceptors (Lipinski definition) is 1. The van der Waals surface area contributed by atoms with E-state index in [0.717, 1.165) is 0 Å². The fourth-order valence-corrected chi connectivity index (χ4v) is 0.729. The summed E-state index contributed by atoms with van der Waals surface area (Å²) >= 11 is 3.03. The molecule has 0 saturated carbocycles. The third-order valence-corrected chi connectivity index (χ3v) is 1.45. The summed E-state index contributed by atoms with van der Waals surface area (Å²) in [5.41, 5.74) is 0. The Labute approximate surface area is 76.6 Å². The van der Waals surface area contributed by atoms with E-state index in [9.17, 15) is 18.0 Å². The van der Waals surface area contributed by atoms with Gasteiger partial charge in [-0.3, -0.25) is 4.79 Å². The molecule has 0 radical (unpaired) electrons. The highest BCUT2D eigenvalue weighted by molar-refractivity contribution is 9.09. The highest BCUT2D eigenvalue weighted by Crippen LogP contribution is 2.20. The minimum absolute atomic E-state index is 0.358. The van der Waals surface area contributed by atoms with E-state index in [4.69, 9.17) is 0 Å². The maximum atomic E-state index is 11.5. The molecule has 2 nitrogen and oxygen atoms in total. The Balaban J connectivity index is 3.44. The smallest absolute Gasteiger partial charge is 0.355 e. The van der Waals surface area contributed by atoms with Gasteiger partial charge in [-0.2, -0.15) is 13.2 Å². The van der Waals surface area contributed by atoms with Crippen LogP contribution in [-0.4, -0.2) is 24.0 Å². The second-order valence-corrected chi connectivity index (χ2v) is 2.95. The number of alkyl halides is 4. The van der Waals surface area contributed by atoms with Crippen molar-refractivity contribution in [3.8, 4) is 0 Å². The van der Waals surface area contributed by atoms with Gasteiger partial charge in [-0.1, -0.05) is 15.9 Å². The molecule has 72 valence electrons. The van der Waals surface area contributed by atoms with Crippen molar-refractivity contribution in [2.75, 3.05) is 11.9 Å². The molecule has 0 atom stereocenters. The molecule has 0 aliphatic rings. The van der Waals surface area contributed by atoms with Gasteiger partial charge in [0.1, 0.15) is 0 Å². The minimum Gasteiger partial charge on any atom is -0.355 e. The minimum atomic E-state index is -4.24. The monoisotopic (exact) mass is 247 g/mol. The van der Waals surface area contributed by atoms with Crippen LogP contribution in [0.25, 0.3) is 0 Å². The van der Waals surface area contributed by atoms with E-state index in [-0.39, 0.29) is 0 Å². The van der Waals surface area contributed by atoms with Gasteiger partial charge in [0.25, 0.3) is 0 Å². The molecular formula is C6H9BrF3NO. The van der Waals surface area contributed by atoms with Crippen molar-refractivity contribution in [2.45, 2.75) is 19.0 Å². The Bertz CT molecular complexity index is 148. The summed E-state index contributed by atoms with van der Waals surface area (Å²) in [6, 6.07) is 0. The van der Waals surface area contributed by atoms with Gasteiger partial charge in [-0.25, -0.2) is 0 Å². The SMILES string of the molecule is O=C(CCC(F)(F)F)NCCBr. The second kappa shape index (κ2) is 5.40. The molecule has 0 bridgehead atoms. The zero-order chi connectivity index (χ0) is 9.61. The zero-order valence-corrected chi connectivity index (χ0v) is 7.83. The van der Waals surface area contributed by atoms with Crippen molar-refractivity contribution in [1.29, 1.82) is 0 Å². The topological polar surface area (TPSA) is 29.1 Å². The van der Waals surface area contributed by atoms with Crippen LogP contribution in [0, 0.1) is 0 Å². The Morgan fingerprint density at radius 2 is 2.00 bits per heavy atom. The second-order valence-electron chi connectivity index (χ2n) is 2.15. The van der Waals surface area contributed by atoms with Crippen LogP contribution in [-0.2, 0) is 4.79 Å². The molecule has 0 aliphatic heterocycles. The van der Waals surface area contributed by atoms with Gasteiger partial charge < -0.3 is 5.32 Å². The third kappa shape index (κ3) is 7.84. The first kappa shape index (κ1) is 11.7. The van der Waals surface area contributed by atoms with Gasteiger partial charge in [0, 0.05) is 18.3 Å². The number of carbonyl (C=O) groups excluding carboxylic acids is 1.